The van der Waals surface area contributed by atoms with Crippen LogP contribution in [0.15, 0.2) is 12.2 Å². The third kappa shape index (κ3) is 9.20. The summed E-state index contributed by atoms with van der Waals surface area (Å²) in [5, 5.41) is 10.9. The zero-order valence-corrected chi connectivity index (χ0v) is 22.8. The van der Waals surface area contributed by atoms with E-state index in [0.717, 1.165) is 32.1 Å². The second kappa shape index (κ2) is 16.1. The second-order valence-electron chi connectivity index (χ2n) is 10.7. The molecule has 0 spiro atoms. The molecule has 7 nitrogen and oxygen atoms in total. The van der Waals surface area contributed by atoms with Crippen LogP contribution >= 0.6 is 0 Å². The molecule has 0 saturated carbocycles. The van der Waals surface area contributed by atoms with Crippen LogP contribution in [0.5, 0.6) is 0 Å². The van der Waals surface area contributed by atoms with Crippen LogP contribution in [0.1, 0.15) is 117 Å². The second-order valence-corrected chi connectivity index (χ2v) is 10.7. The molecule has 0 radical (unpaired) electrons. The highest BCUT2D eigenvalue weighted by Crippen LogP contribution is 2.37. The average molecular weight is 508 g/mol. The number of rotatable bonds is 18. The van der Waals surface area contributed by atoms with Gasteiger partial charge in [0.25, 0.3) is 0 Å². The van der Waals surface area contributed by atoms with Gasteiger partial charge >= 0.3 is 11.9 Å². The summed E-state index contributed by atoms with van der Waals surface area (Å²) in [6.45, 7) is 4.00. The van der Waals surface area contributed by atoms with Crippen molar-refractivity contribution in [3.63, 3.8) is 0 Å². The van der Waals surface area contributed by atoms with Crippen molar-refractivity contribution < 1.29 is 29.0 Å². The van der Waals surface area contributed by atoms with Crippen molar-refractivity contribution in [3.8, 4) is 0 Å². The fraction of sp³-hybridized carbons (Fsp3) is 0.828. The van der Waals surface area contributed by atoms with Crippen molar-refractivity contribution in [2.24, 2.45) is 5.92 Å². The molecule has 206 valence electrons. The molecule has 36 heavy (non-hydrogen) atoms. The van der Waals surface area contributed by atoms with Gasteiger partial charge in [0, 0.05) is 13.0 Å². The molecule has 7 heteroatoms. The Bertz CT molecular complexity index is 723. The Kier molecular flexibility index (Phi) is 13.5. The van der Waals surface area contributed by atoms with Gasteiger partial charge in [0.05, 0.1) is 7.11 Å². The maximum absolute atomic E-state index is 12.6. The highest BCUT2D eigenvalue weighted by molar-refractivity contribution is 5.88. The van der Waals surface area contributed by atoms with Gasteiger partial charge in [-0.15, -0.1) is 0 Å². The van der Waals surface area contributed by atoms with Crippen molar-refractivity contribution in [2.75, 3.05) is 13.7 Å². The Hall–Kier alpha value is -1.89. The normalized spacial score (nSPS) is 26.2. The number of allylic oxidation sites excluding steroid dienone is 2. The van der Waals surface area contributed by atoms with Crippen molar-refractivity contribution >= 4 is 17.8 Å². The number of aliphatic hydroxyl groups is 1. The van der Waals surface area contributed by atoms with E-state index < -0.39 is 35.6 Å². The van der Waals surface area contributed by atoms with Gasteiger partial charge in [-0.2, -0.15) is 0 Å². The predicted octanol–water partition coefficient (Wildman–Crippen LogP) is 5.48. The highest BCUT2D eigenvalue weighted by Gasteiger charge is 2.53. The topological polar surface area (TPSA) is 93.1 Å². The van der Waals surface area contributed by atoms with Crippen LogP contribution in [0.2, 0.25) is 0 Å². The molecule has 2 fully saturated rings. The number of amides is 1. The van der Waals surface area contributed by atoms with Gasteiger partial charge in [-0.25, -0.2) is 4.79 Å². The number of ether oxygens (including phenoxy) is 2. The van der Waals surface area contributed by atoms with Gasteiger partial charge in [-0.1, -0.05) is 70.4 Å². The summed E-state index contributed by atoms with van der Waals surface area (Å²) >= 11 is 0. The number of carbonyl (C=O) groups excluding carboxylic acids is 3. The SMILES string of the molecule is CCCCCCCCCC/C=C/CCCCC[C@@]1(C)OC(=O)[C@H](CN2C(=O)CCC2C(=O)OC)C1O. The fourth-order valence-corrected chi connectivity index (χ4v) is 5.40. The van der Waals surface area contributed by atoms with Gasteiger partial charge in [0.2, 0.25) is 5.91 Å². The van der Waals surface area contributed by atoms with Crippen LogP contribution in [0.25, 0.3) is 0 Å². The first kappa shape index (κ1) is 30.3. The van der Waals surface area contributed by atoms with Gasteiger partial charge < -0.3 is 19.5 Å². The summed E-state index contributed by atoms with van der Waals surface area (Å²) in [6, 6.07) is -0.696. The number of nitrogens with zero attached hydrogens (tertiary/aromatic N) is 1. The first-order valence-corrected chi connectivity index (χ1v) is 14.3. The smallest absolute Gasteiger partial charge is 0.328 e. The molecule has 2 heterocycles. The first-order valence-electron chi connectivity index (χ1n) is 14.3. The molecule has 2 aliphatic rings. The molecular formula is C29H49NO6. The number of methoxy groups -OCH3 is 1. The number of likely N-dealkylation sites (tertiary alicyclic amines) is 1. The van der Waals surface area contributed by atoms with Crippen LogP contribution in [0.4, 0.5) is 0 Å². The first-order chi connectivity index (χ1) is 17.3. The van der Waals surface area contributed by atoms with E-state index in [9.17, 15) is 19.5 Å². The molecule has 1 N–H and O–H groups in total. The zero-order valence-electron chi connectivity index (χ0n) is 22.8. The van der Waals surface area contributed by atoms with E-state index in [2.05, 4.69) is 19.1 Å². The number of hydrogen-bond donors (Lipinski definition) is 1. The average Bonchev–Trinajstić information content (AvgIpc) is 3.33. The lowest BCUT2D eigenvalue weighted by atomic mass is 9.87. The van der Waals surface area contributed by atoms with Crippen LogP contribution in [-0.4, -0.2) is 59.3 Å². The molecule has 2 rings (SSSR count). The Labute approximate surface area is 218 Å². The monoisotopic (exact) mass is 507 g/mol. The molecule has 1 amide bonds. The molecule has 0 aliphatic carbocycles. The molecule has 0 aromatic carbocycles. The number of unbranched alkanes of at least 4 members (excludes halogenated alkanes) is 11. The maximum atomic E-state index is 12.6. The molecule has 2 aliphatic heterocycles. The number of hydrogen-bond acceptors (Lipinski definition) is 6. The summed E-state index contributed by atoms with van der Waals surface area (Å²) in [6.07, 6.45) is 20.6. The number of aliphatic hydroxyl groups excluding tert-OH is 1. The van der Waals surface area contributed by atoms with Crippen molar-refractivity contribution in [3.05, 3.63) is 12.2 Å². The molecule has 0 aromatic heterocycles. The largest absolute Gasteiger partial charge is 0.467 e. The third-order valence-electron chi connectivity index (χ3n) is 7.77. The Morgan fingerprint density at radius 3 is 2.22 bits per heavy atom. The van der Waals surface area contributed by atoms with Crippen LogP contribution in [0.3, 0.4) is 0 Å². The molecule has 4 atom stereocenters. The summed E-state index contributed by atoms with van der Waals surface area (Å²) in [7, 11) is 1.28. The zero-order chi connectivity index (χ0) is 26.4. The number of esters is 2. The quantitative estimate of drug-likeness (QED) is 0.150. The van der Waals surface area contributed by atoms with E-state index in [1.165, 1.54) is 63.4 Å². The lowest BCUT2D eigenvalue weighted by Gasteiger charge is -2.29. The summed E-state index contributed by atoms with van der Waals surface area (Å²) in [5.74, 6) is -2.04. The van der Waals surface area contributed by atoms with Crippen LogP contribution in [-0.2, 0) is 23.9 Å². The van der Waals surface area contributed by atoms with Gasteiger partial charge in [0.1, 0.15) is 23.7 Å². The maximum Gasteiger partial charge on any atom is 0.328 e. The molecular weight excluding hydrogens is 458 g/mol. The van der Waals surface area contributed by atoms with Crippen molar-refractivity contribution in [2.45, 2.75) is 134 Å². The lowest BCUT2D eigenvalue weighted by Crippen LogP contribution is -2.47. The van der Waals surface area contributed by atoms with E-state index in [-0.39, 0.29) is 18.9 Å². The summed E-state index contributed by atoms with van der Waals surface area (Å²) in [4.78, 5) is 38.2. The third-order valence-corrected chi connectivity index (χ3v) is 7.77. The van der Waals surface area contributed by atoms with Crippen LogP contribution < -0.4 is 0 Å². The standard InChI is InChI=1S/C29H49NO6/c1-4-5-6-7-8-9-10-11-12-13-14-15-16-17-18-21-29(2)26(32)23(27(33)36-29)22-30-24(28(34)35-3)19-20-25(30)31/h13-14,23-24,26,32H,4-12,15-22H2,1-3H3/b14-13+/t23-,24?,26?,29-/m1/s1. The Balaban J connectivity index is 1.61. The van der Waals surface area contributed by atoms with E-state index >= 15 is 0 Å². The van der Waals surface area contributed by atoms with Crippen LogP contribution in [0, 0.1) is 5.92 Å². The molecule has 2 saturated heterocycles. The van der Waals surface area contributed by atoms with Gasteiger partial charge in [-0.3, -0.25) is 9.59 Å². The minimum absolute atomic E-state index is 0.0160. The lowest BCUT2D eigenvalue weighted by molar-refractivity contribution is -0.153. The van der Waals surface area contributed by atoms with Gasteiger partial charge in [-0.05, 0) is 51.9 Å². The predicted molar refractivity (Wildman–Crippen MR) is 140 cm³/mol. The highest BCUT2D eigenvalue weighted by atomic mass is 16.6. The summed E-state index contributed by atoms with van der Waals surface area (Å²) < 4.78 is 10.4. The van der Waals surface area contributed by atoms with Gasteiger partial charge in [0.15, 0.2) is 0 Å². The Morgan fingerprint density at radius 2 is 1.61 bits per heavy atom. The fourth-order valence-electron chi connectivity index (χ4n) is 5.40. The molecule has 0 bridgehead atoms. The minimum Gasteiger partial charge on any atom is -0.467 e. The number of carbonyl (C=O) groups is 3. The van der Waals surface area contributed by atoms with E-state index in [4.69, 9.17) is 9.47 Å². The molecule has 0 aromatic rings. The van der Waals surface area contributed by atoms with E-state index in [1.54, 1.807) is 6.92 Å². The van der Waals surface area contributed by atoms with Crippen molar-refractivity contribution in [1.82, 2.24) is 4.90 Å². The van der Waals surface area contributed by atoms with E-state index in [0.29, 0.717) is 12.8 Å². The number of cyclic esters (lactones) is 1. The Morgan fingerprint density at radius 1 is 1.03 bits per heavy atom. The summed E-state index contributed by atoms with van der Waals surface area (Å²) in [5.41, 5.74) is -0.961. The van der Waals surface area contributed by atoms with Crippen molar-refractivity contribution in [1.29, 1.82) is 0 Å². The molecule has 2 unspecified atom stereocenters. The van der Waals surface area contributed by atoms with E-state index in [1.807, 2.05) is 0 Å². The minimum atomic E-state index is -1.01.